The molecule has 0 N–H and O–H groups in total. The summed E-state index contributed by atoms with van der Waals surface area (Å²) in [4.78, 5) is 26.8. The predicted octanol–water partition coefficient (Wildman–Crippen LogP) is 4.84. The normalized spacial score (nSPS) is 18.6. The quantitative estimate of drug-likeness (QED) is 0.431. The molecule has 0 aliphatic carbocycles. The number of nitrogens with zero attached hydrogens (tertiary/aromatic N) is 2. The van der Waals surface area contributed by atoms with Crippen molar-refractivity contribution in [2.24, 2.45) is 0 Å². The topological polar surface area (TPSA) is 91.1 Å². The van der Waals surface area contributed by atoms with Crippen LogP contribution in [0.1, 0.15) is 49.4 Å². The number of carbonyl (C=O) groups is 2. The number of aryl methyl sites for hydroxylation is 1. The lowest BCUT2D eigenvalue weighted by Gasteiger charge is -2.47. The summed E-state index contributed by atoms with van der Waals surface area (Å²) in [6, 6.07) is 11.8. The largest absolute Gasteiger partial charge is 0.496 e. The van der Waals surface area contributed by atoms with Crippen LogP contribution in [0.2, 0.25) is 0 Å². The van der Waals surface area contributed by atoms with Crippen LogP contribution >= 0.6 is 0 Å². The number of piperidine rings is 1. The smallest absolute Gasteiger partial charge is 0.335 e. The summed E-state index contributed by atoms with van der Waals surface area (Å²) in [5.74, 6) is -2.42. The maximum absolute atomic E-state index is 13.5. The highest BCUT2D eigenvalue weighted by molar-refractivity contribution is 5.93. The van der Waals surface area contributed by atoms with Gasteiger partial charge >= 0.3 is 17.8 Å². The number of halogens is 1. The molecule has 0 saturated carbocycles. The van der Waals surface area contributed by atoms with E-state index in [1.54, 1.807) is 13.2 Å². The average molecular weight is 495 g/mol. The van der Waals surface area contributed by atoms with Gasteiger partial charge in [0.15, 0.2) is 5.58 Å². The van der Waals surface area contributed by atoms with E-state index in [1.807, 2.05) is 29.2 Å². The molecule has 1 spiro atoms. The monoisotopic (exact) mass is 494 g/mol. The van der Waals surface area contributed by atoms with Crippen LogP contribution in [0.15, 0.2) is 59.1 Å². The molecule has 9 heteroatoms. The third-order valence-corrected chi connectivity index (χ3v) is 6.73. The van der Waals surface area contributed by atoms with Gasteiger partial charge in [0, 0.05) is 48.2 Å². The maximum Gasteiger partial charge on any atom is 0.335 e. The van der Waals surface area contributed by atoms with Gasteiger partial charge in [-0.2, -0.15) is 0 Å². The molecule has 1 saturated heterocycles. The Morgan fingerprint density at radius 1 is 1.11 bits per heavy atom. The van der Waals surface area contributed by atoms with E-state index in [1.165, 1.54) is 12.1 Å². The average Bonchev–Trinajstić information content (AvgIpc) is 3.21. The van der Waals surface area contributed by atoms with Gasteiger partial charge in [-0.1, -0.05) is 23.4 Å². The van der Waals surface area contributed by atoms with Gasteiger partial charge in [0.1, 0.15) is 11.6 Å². The summed E-state index contributed by atoms with van der Waals surface area (Å²) in [5.41, 5.74) is 2.05. The van der Waals surface area contributed by atoms with Crippen LogP contribution in [0.4, 0.5) is 4.39 Å². The molecular formula is C27H27FN2O6. The molecule has 5 rings (SSSR count). The lowest BCUT2D eigenvalue weighted by atomic mass is 9.93. The molecule has 0 bridgehead atoms. The van der Waals surface area contributed by atoms with Crippen LogP contribution in [0.5, 0.6) is 5.75 Å². The second-order valence-electron chi connectivity index (χ2n) is 8.96. The Bertz CT molecular complexity index is 1280. The van der Waals surface area contributed by atoms with Gasteiger partial charge in [0.2, 0.25) is 0 Å². The number of para-hydroxylation sites is 1. The molecule has 1 fully saturated rings. The van der Waals surface area contributed by atoms with E-state index in [4.69, 9.17) is 18.7 Å². The Labute approximate surface area is 207 Å². The van der Waals surface area contributed by atoms with Gasteiger partial charge in [0.25, 0.3) is 0 Å². The van der Waals surface area contributed by atoms with Crippen molar-refractivity contribution in [3.8, 4) is 5.75 Å². The van der Waals surface area contributed by atoms with Crippen molar-refractivity contribution in [3.63, 3.8) is 0 Å². The van der Waals surface area contributed by atoms with Crippen molar-refractivity contribution in [2.45, 2.75) is 50.5 Å². The van der Waals surface area contributed by atoms with E-state index in [2.05, 4.69) is 5.16 Å². The highest BCUT2D eigenvalue weighted by atomic mass is 19.1. The third kappa shape index (κ3) is 4.70. The molecule has 1 atom stereocenters. The van der Waals surface area contributed by atoms with E-state index >= 15 is 0 Å². The number of hydrogen-bond donors (Lipinski definition) is 0. The minimum Gasteiger partial charge on any atom is -0.496 e. The van der Waals surface area contributed by atoms with Crippen LogP contribution in [0.25, 0.3) is 11.0 Å². The zero-order valence-corrected chi connectivity index (χ0v) is 19.9. The van der Waals surface area contributed by atoms with Gasteiger partial charge < -0.3 is 18.7 Å². The molecule has 36 heavy (non-hydrogen) atoms. The Morgan fingerprint density at radius 3 is 2.67 bits per heavy atom. The number of ether oxygens (including phenoxy) is 3. The van der Waals surface area contributed by atoms with Crippen LogP contribution in [0.3, 0.4) is 0 Å². The molecule has 0 amide bonds. The van der Waals surface area contributed by atoms with E-state index in [0.29, 0.717) is 43.6 Å². The number of rotatable bonds is 7. The van der Waals surface area contributed by atoms with Crippen molar-refractivity contribution in [1.82, 2.24) is 10.1 Å². The SMILES string of the molecule is COc1ccccc1C(CCCc1noc2cc(F)ccc12)N1CCCCC12OC(=O)C=CC(=O)O2. The molecule has 8 nitrogen and oxygen atoms in total. The van der Waals surface area contributed by atoms with Gasteiger partial charge in [-0.05, 0) is 50.3 Å². The first kappa shape index (κ1) is 24.0. The van der Waals surface area contributed by atoms with Gasteiger partial charge in [-0.15, -0.1) is 0 Å². The summed E-state index contributed by atoms with van der Waals surface area (Å²) < 4.78 is 36.1. The molecule has 3 heterocycles. The molecule has 3 aromatic rings. The van der Waals surface area contributed by atoms with Crippen LogP contribution < -0.4 is 4.74 Å². The first-order valence-corrected chi connectivity index (χ1v) is 12.1. The Hall–Kier alpha value is -3.72. The Balaban J connectivity index is 1.46. The van der Waals surface area contributed by atoms with Crippen LogP contribution in [-0.2, 0) is 25.5 Å². The first-order valence-electron chi connectivity index (χ1n) is 12.1. The van der Waals surface area contributed by atoms with Crippen molar-refractivity contribution in [1.29, 1.82) is 0 Å². The molecule has 1 aromatic heterocycles. The van der Waals surface area contributed by atoms with E-state index < -0.39 is 17.8 Å². The van der Waals surface area contributed by atoms with E-state index in [9.17, 15) is 14.0 Å². The number of aromatic nitrogens is 1. The third-order valence-electron chi connectivity index (χ3n) is 6.73. The number of carbonyl (C=O) groups excluding carboxylic acids is 2. The van der Waals surface area contributed by atoms with E-state index in [0.717, 1.165) is 41.6 Å². The Morgan fingerprint density at radius 2 is 1.89 bits per heavy atom. The van der Waals surface area contributed by atoms with Crippen LogP contribution in [0, 0.1) is 5.82 Å². The summed E-state index contributed by atoms with van der Waals surface area (Å²) in [5, 5.41) is 4.92. The zero-order valence-electron chi connectivity index (χ0n) is 19.9. The number of methoxy groups -OCH3 is 1. The zero-order chi connectivity index (χ0) is 25.1. The molecular weight excluding hydrogens is 467 g/mol. The minimum absolute atomic E-state index is 0.282. The molecule has 2 aromatic carbocycles. The lowest BCUT2D eigenvalue weighted by molar-refractivity contribution is -0.303. The van der Waals surface area contributed by atoms with Crippen molar-refractivity contribution in [3.05, 3.63) is 71.7 Å². The molecule has 2 aliphatic heterocycles. The summed E-state index contributed by atoms with van der Waals surface area (Å²) in [6.07, 6.45) is 6.08. The Kier molecular flexibility index (Phi) is 6.73. The summed E-state index contributed by atoms with van der Waals surface area (Å²) in [6.45, 7) is 0.565. The highest BCUT2D eigenvalue weighted by Gasteiger charge is 2.50. The van der Waals surface area contributed by atoms with E-state index in [-0.39, 0.29) is 11.9 Å². The number of hydrogen-bond acceptors (Lipinski definition) is 8. The highest BCUT2D eigenvalue weighted by Crippen LogP contribution is 2.43. The number of fused-ring (bicyclic) bond motifs is 1. The van der Waals surface area contributed by atoms with Gasteiger partial charge in [0.05, 0.1) is 12.8 Å². The van der Waals surface area contributed by atoms with Crippen molar-refractivity contribution in [2.75, 3.05) is 13.7 Å². The number of benzene rings is 2. The number of likely N-dealkylation sites (tertiary alicyclic amines) is 1. The van der Waals surface area contributed by atoms with Crippen molar-refractivity contribution >= 4 is 22.9 Å². The van der Waals surface area contributed by atoms with Crippen molar-refractivity contribution < 1.29 is 32.7 Å². The molecule has 2 aliphatic rings. The fourth-order valence-corrected chi connectivity index (χ4v) is 5.12. The number of esters is 2. The fourth-order valence-electron chi connectivity index (χ4n) is 5.12. The van der Waals surface area contributed by atoms with Crippen LogP contribution in [-0.4, -0.2) is 41.6 Å². The summed E-state index contributed by atoms with van der Waals surface area (Å²) in [7, 11) is 1.61. The first-order chi connectivity index (χ1) is 17.5. The standard InChI is InChI=1S/C27H27FN2O6/c1-33-23-10-3-2-7-20(23)22(9-6-8-21-19-12-11-18(28)17-24(19)36-29-21)30-16-5-4-15-27(30)34-25(31)13-14-26(32)35-27/h2-3,7,10-14,17,22H,4-6,8-9,15-16H2,1H3. The van der Waals surface area contributed by atoms with Gasteiger partial charge in [-0.3, -0.25) is 0 Å². The minimum atomic E-state index is -1.50. The second kappa shape index (κ2) is 10.1. The second-order valence-corrected chi connectivity index (χ2v) is 8.96. The predicted molar refractivity (Wildman–Crippen MR) is 127 cm³/mol. The molecule has 1 unspecified atom stereocenters. The van der Waals surface area contributed by atoms with Gasteiger partial charge in [-0.25, -0.2) is 18.9 Å². The molecule has 188 valence electrons. The molecule has 0 radical (unpaired) electrons. The lowest BCUT2D eigenvalue weighted by Crippen LogP contribution is -2.57. The fraction of sp³-hybridized carbons (Fsp3) is 0.370. The maximum atomic E-state index is 13.5. The summed E-state index contributed by atoms with van der Waals surface area (Å²) >= 11 is 0.